The van der Waals surface area contributed by atoms with Crippen molar-refractivity contribution < 1.29 is 4.74 Å². The zero-order valence-corrected chi connectivity index (χ0v) is 8.00. The van der Waals surface area contributed by atoms with E-state index in [0.29, 0.717) is 6.61 Å². The molecule has 1 aromatic carbocycles. The molecular weight excluding hydrogens is 162 g/mol. The summed E-state index contributed by atoms with van der Waals surface area (Å²) in [5.74, 6) is 0. The fraction of sp³-hybridized carbons (Fsp3) is 0.364. The van der Waals surface area contributed by atoms with Crippen molar-refractivity contribution in [2.45, 2.75) is 13.5 Å². The summed E-state index contributed by atoms with van der Waals surface area (Å²) in [6, 6.07) is 6.29. The Labute approximate surface area is 78.3 Å². The Bertz CT molecular complexity index is 355. The first kappa shape index (κ1) is 8.45. The van der Waals surface area contributed by atoms with Gasteiger partial charge in [0.05, 0.1) is 18.9 Å². The van der Waals surface area contributed by atoms with Gasteiger partial charge in [-0.3, -0.25) is 4.99 Å². The largest absolute Gasteiger partial charge is 0.370 e. The molecule has 1 aliphatic heterocycles. The van der Waals surface area contributed by atoms with E-state index in [1.54, 1.807) is 0 Å². The van der Waals surface area contributed by atoms with Crippen LogP contribution < -0.4 is 0 Å². The van der Waals surface area contributed by atoms with Gasteiger partial charge in [0.25, 0.3) is 0 Å². The normalized spacial score (nSPS) is 18.8. The quantitative estimate of drug-likeness (QED) is 0.590. The van der Waals surface area contributed by atoms with E-state index in [9.17, 15) is 0 Å². The highest BCUT2D eigenvalue weighted by molar-refractivity contribution is 6.04. The third kappa shape index (κ3) is 1.38. The van der Waals surface area contributed by atoms with E-state index in [1.165, 1.54) is 16.7 Å². The molecule has 68 valence electrons. The molecule has 0 saturated carbocycles. The lowest BCUT2D eigenvalue weighted by Crippen LogP contribution is -2.20. The highest BCUT2D eigenvalue weighted by atomic mass is 16.5. The summed E-state index contributed by atoms with van der Waals surface area (Å²) >= 11 is 0. The summed E-state index contributed by atoms with van der Waals surface area (Å²) < 4.78 is 5.42. The smallest absolute Gasteiger partial charge is 0.0894 e. The molecule has 0 N–H and O–H groups in total. The van der Waals surface area contributed by atoms with Gasteiger partial charge in [0.1, 0.15) is 0 Å². The van der Waals surface area contributed by atoms with Gasteiger partial charge in [-0.2, -0.15) is 0 Å². The Morgan fingerprint density at radius 1 is 1.31 bits per heavy atom. The number of hydrogen-bond donors (Lipinski definition) is 0. The number of hydrogen-bond acceptors (Lipinski definition) is 2. The maximum atomic E-state index is 5.42. The molecule has 0 bridgehead atoms. The molecule has 1 aliphatic rings. The lowest BCUT2D eigenvalue weighted by molar-refractivity contribution is 0.152. The molecule has 0 saturated heterocycles. The fourth-order valence-electron chi connectivity index (χ4n) is 1.77. The molecule has 0 fully saturated rings. The van der Waals surface area contributed by atoms with Crippen LogP contribution in [0.3, 0.4) is 0 Å². The molecular formula is C11H13NO. The first-order valence-electron chi connectivity index (χ1n) is 4.45. The van der Waals surface area contributed by atoms with Crippen LogP contribution in [0.15, 0.2) is 23.2 Å². The second kappa shape index (κ2) is 3.30. The average Bonchev–Trinajstić information content (AvgIpc) is 2.17. The van der Waals surface area contributed by atoms with Gasteiger partial charge in [0.2, 0.25) is 0 Å². The Morgan fingerprint density at radius 2 is 2.15 bits per heavy atom. The van der Waals surface area contributed by atoms with Crippen molar-refractivity contribution in [2.75, 3.05) is 13.7 Å². The molecule has 2 nitrogen and oxygen atoms in total. The predicted molar refractivity (Wildman–Crippen MR) is 53.3 cm³/mol. The minimum Gasteiger partial charge on any atom is -0.370 e. The van der Waals surface area contributed by atoms with Crippen LogP contribution in [0.4, 0.5) is 0 Å². The average molecular weight is 175 g/mol. The molecule has 0 aromatic heterocycles. The molecule has 1 aromatic rings. The van der Waals surface area contributed by atoms with Crippen molar-refractivity contribution in [1.29, 1.82) is 0 Å². The van der Waals surface area contributed by atoms with E-state index in [1.807, 2.05) is 7.05 Å². The topological polar surface area (TPSA) is 21.6 Å². The second-order valence-electron chi connectivity index (χ2n) is 3.27. The van der Waals surface area contributed by atoms with E-state index in [0.717, 1.165) is 12.3 Å². The highest BCUT2D eigenvalue weighted by Gasteiger charge is 2.16. The molecule has 1 heterocycles. The molecule has 2 heteroatoms. The lowest BCUT2D eigenvalue weighted by Gasteiger charge is -2.19. The summed E-state index contributed by atoms with van der Waals surface area (Å²) in [5, 5.41) is 0. The lowest BCUT2D eigenvalue weighted by atomic mass is 9.97. The molecule has 0 unspecified atom stereocenters. The SMILES string of the molecule is C/N=C1\COCc2cccc(C)c21. The van der Waals surface area contributed by atoms with Gasteiger partial charge in [-0.15, -0.1) is 0 Å². The van der Waals surface area contributed by atoms with Gasteiger partial charge in [-0.1, -0.05) is 18.2 Å². The van der Waals surface area contributed by atoms with E-state index in [-0.39, 0.29) is 0 Å². The number of fused-ring (bicyclic) bond motifs is 1. The first-order chi connectivity index (χ1) is 6.33. The second-order valence-corrected chi connectivity index (χ2v) is 3.27. The van der Waals surface area contributed by atoms with E-state index in [2.05, 4.69) is 30.1 Å². The van der Waals surface area contributed by atoms with Crippen LogP contribution in [0, 0.1) is 6.92 Å². The van der Waals surface area contributed by atoms with Gasteiger partial charge in [0, 0.05) is 12.6 Å². The standard InChI is InChI=1S/C11H13NO/c1-8-4-3-5-9-6-13-7-10(12-2)11(8)9/h3-5H,6-7H2,1-2H3/b12-10+. The molecule has 2 rings (SSSR count). The Hall–Kier alpha value is -1.15. The number of nitrogens with zero attached hydrogens (tertiary/aromatic N) is 1. The summed E-state index contributed by atoms with van der Waals surface area (Å²) in [5.41, 5.74) is 4.91. The Morgan fingerprint density at radius 3 is 2.92 bits per heavy atom. The van der Waals surface area contributed by atoms with Gasteiger partial charge in [0.15, 0.2) is 0 Å². The van der Waals surface area contributed by atoms with Gasteiger partial charge >= 0.3 is 0 Å². The van der Waals surface area contributed by atoms with Crippen LogP contribution >= 0.6 is 0 Å². The predicted octanol–water partition coefficient (Wildman–Crippen LogP) is 1.94. The van der Waals surface area contributed by atoms with Crippen LogP contribution in [0.1, 0.15) is 16.7 Å². The molecule has 0 spiro atoms. The van der Waals surface area contributed by atoms with Crippen molar-refractivity contribution in [3.05, 3.63) is 34.9 Å². The van der Waals surface area contributed by atoms with E-state index in [4.69, 9.17) is 4.74 Å². The number of ether oxygens (including phenoxy) is 1. The van der Waals surface area contributed by atoms with Crippen LogP contribution in [0.25, 0.3) is 0 Å². The summed E-state index contributed by atoms with van der Waals surface area (Å²) in [6.45, 7) is 3.49. The maximum absolute atomic E-state index is 5.42. The van der Waals surface area contributed by atoms with Crippen LogP contribution in [-0.2, 0) is 11.3 Å². The Kier molecular flexibility index (Phi) is 2.15. The third-order valence-corrected chi connectivity index (χ3v) is 2.41. The zero-order valence-electron chi connectivity index (χ0n) is 8.00. The number of rotatable bonds is 0. The van der Waals surface area contributed by atoms with Crippen LogP contribution in [0.5, 0.6) is 0 Å². The van der Waals surface area contributed by atoms with Crippen LogP contribution in [-0.4, -0.2) is 19.4 Å². The summed E-state index contributed by atoms with van der Waals surface area (Å²) in [4.78, 5) is 4.24. The number of benzene rings is 1. The summed E-state index contributed by atoms with van der Waals surface area (Å²) in [6.07, 6.45) is 0. The maximum Gasteiger partial charge on any atom is 0.0894 e. The minimum absolute atomic E-state index is 0.647. The molecule has 0 atom stereocenters. The monoisotopic (exact) mass is 175 g/mol. The van der Waals surface area contributed by atoms with Crippen molar-refractivity contribution in [3.63, 3.8) is 0 Å². The first-order valence-corrected chi connectivity index (χ1v) is 4.45. The minimum atomic E-state index is 0.647. The third-order valence-electron chi connectivity index (χ3n) is 2.41. The molecule has 0 amide bonds. The van der Waals surface area contributed by atoms with E-state index >= 15 is 0 Å². The molecule has 13 heavy (non-hydrogen) atoms. The van der Waals surface area contributed by atoms with Crippen molar-refractivity contribution in [3.8, 4) is 0 Å². The fourth-order valence-corrected chi connectivity index (χ4v) is 1.77. The Balaban J connectivity index is 2.60. The van der Waals surface area contributed by atoms with Crippen molar-refractivity contribution in [2.24, 2.45) is 4.99 Å². The van der Waals surface area contributed by atoms with E-state index < -0.39 is 0 Å². The zero-order chi connectivity index (χ0) is 9.26. The molecule has 0 aliphatic carbocycles. The summed E-state index contributed by atoms with van der Waals surface area (Å²) in [7, 11) is 1.82. The van der Waals surface area contributed by atoms with Gasteiger partial charge < -0.3 is 4.74 Å². The number of aliphatic imine (C=N–C) groups is 1. The van der Waals surface area contributed by atoms with Gasteiger partial charge in [-0.05, 0) is 18.1 Å². The van der Waals surface area contributed by atoms with Crippen molar-refractivity contribution in [1.82, 2.24) is 0 Å². The highest BCUT2D eigenvalue weighted by Crippen LogP contribution is 2.20. The van der Waals surface area contributed by atoms with Gasteiger partial charge in [-0.25, -0.2) is 0 Å². The van der Waals surface area contributed by atoms with Crippen LogP contribution in [0.2, 0.25) is 0 Å². The molecule has 0 radical (unpaired) electrons. The van der Waals surface area contributed by atoms with Crippen molar-refractivity contribution >= 4 is 5.71 Å². The number of aryl methyl sites for hydroxylation is 1.